The molecular formula is C18H24N4O3. The second-order valence-corrected chi connectivity index (χ2v) is 5.19. The molecule has 1 aromatic carbocycles. The lowest BCUT2D eigenvalue weighted by Crippen LogP contribution is -2.41. The van der Waals surface area contributed by atoms with E-state index in [1.807, 2.05) is 19.1 Å². The summed E-state index contributed by atoms with van der Waals surface area (Å²) in [6, 6.07) is 10.8. The fourth-order valence-electron chi connectivity index (χ4n) is 2.12. The van der Waals surface area contributed by atoms with Crippen molar-refractivity contribution in [2.45, 2.75) is 13.5 Å². The number of guanidine groups is 1. The van der Waals surface area contributed by atoms with E-state index < -0.39 is 0 Å². The van der Waals surface area contributed by atoms with Gasteiger partial charge < -0.3 is 25.1 Å². The van der Waals surface area contributed by atoms with Gasteiger partial charge in [0.05, 0.1) is 13.4 Å². The van der Waals surface area contributed by atoms with Gasteiger partial charge >= 0.3 is 0 Å². The van der Waals surface area contributed by atoms with Crippen molar-refractivity contribution in [3.63, 3.8) is 0 Å². The topological polar surface area (TPSA) is 87.9 Å². The molecule has 1 amide bonds. The van der Waals surface area contributed by atoms with E-state index in [9.17, 15) is 4.79 Å². The van der Waals surface area contributed by atoms with Gasteiger partial charge in [-0.2, -0.15) is 0 Å². The van der Waals surface area contributed by atoms with E-state index in [2.05, 4.69) is 20.9 Å². The van der Waals surface area contributed by atoms with Crippen LogP contribution in [0, 0.1) is 0 Å². The maximum absolute atomic E-state index is 12.1. The summed E-state index contributed by atoms with van der Waals surface area (Å²) < 4.78 is 10.4. The summed E-state index contributed by atoms with van der Waals surface area (Å²) in [6.07, 6.45) is 1.62. The van der Waals surface area contributed by atoms with Gasteiger partial charge in [0.1, 0.15) is 18.1 Å². The molecule has 0 radical (unpaired) electrons. The standard InChI is InChI=1S/C18H24N4O3/c1-3-19-18(22-13-16-8-5-11-25-16)21-10-9-20-17(23)14-6-4-7-15(12-14)24-2/h4-8,11-12H,3,9-10,13H2,1-2H3,(H,20,23)(H2,19,21,22). The zero-order chi connectivity index (χ0) is 17.9. The van der Waals surface area contributed by atoms with E-state index in [1.54, 1.807) is 37.6 Å². The average Bonchev–Trinajstić information content (AvgIpc) is 3.16. The molecule has 0 unspecified atom stereocenters. The van der Waals surface area contributed by atoms with Crippen molar-refractivity contribution in [1.29, 1.82) is 0 Å². The summed E-state index contributed by atoms with van der Waals surface area (Å²) in [7, 11) is 1.57. The number of nitrogens with zero attached hydrogens (tertiary/aromatic N) is 1. The van der Waals surface area contributed by atoms with Crippen LogP contribution in [0.4, 0.5) is 0 Å². The number of nitrogens with one attached hydrogen (secondary N) is 3. The van der Waals surface area contributed by atoms with Gasteiger partial charge in [-0.1, -0.05) is 6.07 Å². The molecule has 25 heavy (non-hydrogen) atoms. The summed E-state index contributed by atoms with van der Waals surface area (Å²) in [5.74, 6) is 1.99. The number of furan rings is 1. The van der Waals surface area contributed by atoms with Crippen LogP contribution in [-0.4, -0.2) is 38.6 Å². The third-order valence-corrected chi connectivity index (χ3v) is 3.35. The summed E-state index contributed by atoms with van der Waals surface area (Å²) in [6.45, 7) is 4.23. The lowest BCUT2D eigenvalue weighted by atomic mass is 10.2. The van der Waals surface area contributed by atoms with Crippen LogP contribution < -0.4 is 20.7 Å². The van der Waals surface area contributed by atoms with Gasteiger partial charge in [-0.3, -0.25) is 4.79 Å². The Kier molecular flexibility index (Phi) is 7.37. The minimum absolute atomic E-state index is 0.141. The number of rotatable bonds is 8. The largest absolute Gasteiger partial charge is 0.497 e. The molecule has 134 valence electrons. The number of benzene rings is 1. The highest BCUT2D eigenvalue weighted by Gasteiger charge is 2.06. The van der Waals surface area contributed by atoms with Gasteiger partial charge in [-0.05, 0) is 37.3 Å². The highest BCUT2D eigenvalue weighted by Crippen LogP contribution is 2.12. The molecule has 2 rings (SSSR count). The van der Waals surface area contributed by atoms with Gasteiger partial charge in [-0.15, -0.1) is 0 Å². The number of methoxy groups -OCH3 is 1. The molecule has 0 bridgehead atoms. The smallest absolute Gasteiger partial charge is 0.251 e. The van der Waals surface area contributed by atoms with Crippen molar-refractivity contribution in [2.75, 3.05) is 26.7 Å². The molecule has 0 atom stereocenters. The highest BCUT2D eigenvalue weighted by molar-refractivity contribution is 5.94. The van der Waals surface area contributed by atoms with Crippen LogP contribution in [0.1, 0.15) is 23.0 Å². The zero-order valence-corrected chi connectivity index (χ0v) is 14.5. The Morgan fingerprint density at radius 3 is 2.72 bits per heavy atom. The molecule has 3 N–H and O–H groups in total. The van der Waals surface area contributed by atoms with Crippen LogP contribution in [0.25, 0.3) is 0 Å². The molecular weight excluding hydrogens is 320 g/mol. The Hall–Kier alpha value is -2.96. The Morgan fingerprint density at radius 2 is 2.00 bits per heavy atom. The molecule has 0 spiro atoms. The molecule has 1 heterocycles. The monoisotopic (exact) mass is 344 g/mol. The lowest BCUT2D eigenvalue weighted by Gasteiger charge is -2.12. The van der Waals surface area contributed by atoms with Crippen LogP contribution >= 0.6 is 0 Å². The maximum Gasteiger partial charge on any atom is 0.251 e. The molecule has 7 heteroatoms. The Bertz CT molecular complexity index is 683. The summed E-state index contributed by atoms with van der Waals surface area (Å²) in [5, 5.41) is 9.18. The van der Waals surface area contributed by atoms with Crippen molar-refractivity contribution < 1.29 is 13.9 Å². The molecule has 0 aliphatic rings. The minimum atomic E-state index is -0.141. The molecule has 0 aliphatic heterocycles. The van der Waals surface area contributed by atoms with Crippen molar-refractivity contribution in [2.24, 2.45) is 4.99 Å². The molecule has 0 fully saturated rings. The second-order valence-electron chi connectivity index (χ2n) is 5.19. The molecule has 0 aliphatic carbocycles. The normalized spacial score (nSPS) is 11.0. The fourth-order valence-corrected chi connectivity index (χ4v) is 2.12. The predicted octanol–water partition coefficient (Wildman–Crippen LogP) is 1.77. The first-order valence-corrected chi connectivity index (χ1v) is 8.19. The van der Waals surface area contributed by atoms with Gasteiger partial charge in [0, 0.05) is 25.2 Å². The number of carbonyl (C=O) groups is 1. The molecule has 7 nitrogen and oxygen atoms in total. The number of amides is 1. The van der Waals surface area contributed by atoms with Crippen molar-refractivity contribution >= 4 is 11.9 Å². The van der Waals surface area contributed by atoms with E-state index >= 15 is 0 Å². The van der Waals surface area contributed by atoms with Gasteiger partial charge in [-0.25, -0.2) is 4.99 Å². The number of carbonyl (C=O) groups excluding carboxylic acids is 1. The first-order chi connectivity index (χ1) is 12.2. The first-order valence-electron chi connectivity index (χ1n) is 8.19. The summed E-state index contributed by atoms with van der Waals surface area (Å²) in [4.78, 5) is 16.5. The van der Waals surface area contributed by atoms with Crippen LogP contribution in [0.3, 0.4) is 0 Å². The third kappa shape index (κ3) is 6.21. The SMILES string of the molecule is CCNC(=NCc1ccco1)NCCNC(=O)c1cccc(OC)c1. The number of hydrogen-bond acceptors (Lipinski definition) is 4. The summed E-state index contributed by atoms with van der Waals surface area (Å²) in [5.41, 5.74) is 0.567. The number of aliphatic imine (C=N–C) groups is 1. The van der Waals surface area contributed by atoms with Crippen molar-refractivity contribution in [3.8, 4) is 5.75 Å². The third-order valence-electron chi connectivity index (χ3n) is 3.35. The van der Waals surface area contributed by atoms with E-state index in [0.29, 0.717) is 36.9 Å². The van der Waals surface area contributed by atoms with Crippen LogP contribution in [0.5, 0.6) is 5.75 Å². The van der Waals surface area contributed by atoms with Crippen LogP contribution in [0.15, 0.2) is 52.1 Å². The highest BCUT2D eigenvalue weighted by atomic mass is 16.5. The maximum atomic E-state index is 12.1. The van der Waals surface area contributed by atoms with Crippen molar-refractivity contribution in [1.82, 2.24) is 16.0 Å². The Labute approximate surface area is 147 Å². The van der Waals surface area contributed by atoms with Crippen LogP contribution in [0.2, 0.25) is 0 Å². The second kappa shape index (κ2) is 10.0. The quantitative estimate of drug-likeness (QED) is 0.386. The average molecular weight is 344 g/mol. The van der Waals surface area contributed by atoms with E-state index in [0.717, 1.165) is 12.3 Å². The van der Waals surface area contributed by atoms with Gasteiger partial charge in [0.15, 0.2) is 5.96 Å². The summed E-state index contributed by atoms with van der Waals surface area (Å²) >= 11 is 0. The van der Waals surface area contributed by atoms with Crippen molar-refractivity contribution in [3.05, 3.63) is 54.0 Å². The Morgan fingerprint density at radius 1 is 1.16 bits per heavy atom. The lowest BCUT2D eigenvalue weighted by molar-refractivity contribution is 0.0954. The fraction of sp³-hybridized carbons (Fsp3) is 0.333. The van der Waals surface area contributed by atoms with E-state index in [4.69, 9.17) is 9.15 Å². The van der Waals surface area contributed by atoms with Gasteiger partial charge in [0.25, 0.3) is 5.91 Å². The Balaban J connectivity index is 1.77. The zero-order valence-electron chi connectivity index (χ0n) is 14.5. The predicted molar refractivity (Wildman–Crippen MR) is 96.9 cm³/mol. The molecule has 0 saturated heterocycles. The van der Waals surface area contributed by atoms with Gasteiger partial charge in [0.2, 0.25) is 0 Å². The number of hydrogen-bond donors (Lipinski definition) is 3. The van der Waals surface area contributed by atoms with Crippen LogP contribution in [-0.2, 0) is 6.54 Å². The molecule has 0 saturated carbocycles. The number of ether oxygens (including phenoxy) is 1. The van der Waals surface area contributed by atoms with E-state index in [-0.39, 0.29) is 5.91 Å². The molecule has 1 aromatic heterocycles. The first kappa shape index (κ1) is 18.4. The molecule has 2 aromatic rings. The minimum Gasteiger partial charge on any atom is -0.497 e. The van der Waals surface area contributed by atoms with E-state index in [1.165, 1.54) is 0 Å².